The van der Waals surface area contributed by atoms with Gasteiger partial charge in [-0.1, -0.05) is 34.1 Å². The largest absolute Gasteiger partial charge is 0.463 e. The van der Waals surface area contributed by atoms with E-state index < -0.39 is 8.32 Å². The maximum atomic E-state index is 12.4. The van der Waals surface area contributed by atoms with Crippen LogP contribution in [0.25, 0.3) is 6.08 Å². The molecule has 0 unspecified atom stereocenters. The molecule has 0 aromatic carbocycles. The number of aromatic nitrogens is 1. The van der Waals surface area contributed by atoms with Gasteiger partial charge < -0.3 is 14.1 Å². The Morgan fingerprint density at radius 2 is 2.13 bits per heavy atom. The Labute approximate surface area is 185 Å². The molecule has 8 heteroatoms. The molecule has 2 rings (SSSR count). The molecule has 0 radical (unpaired) electrons. The number of unbranched alkanes of at least 4 members (excludes halogenated alkanes) is 1. The second-order valence-corrected chi connectivity index (χ2v) is 15.1. The number of hydrogen-bond donors (Lipinski definition) is 0. The Balaban J connectivity index is 1.93. The monoisotopic (exact) mass is 452 g/mol. The number of carbonyl (C=O) groups excluding carboxylic acids is 2. The van der Waals surface area contributed by atoms with Crippen molar-refractivity contribution in [3.8, 4) is 0 Å². The van der Waals surface area contributed by atoms with Crippen molar-refractivity contribution < 1.29 is 18.8 Å². The molecule has 1 fully saturated rings. The van der Waals surface area contributed by atoms with Crippen molar-refractivity contribution in [2.45, 2.75) is 84.1 Å². The standard InChI is InChI=1S/C22H36N2O4SSi/c1-7-8-13-27-21(26)12-9-17-16-29-19(23-17)14-24-18(10-11-20(24)25)15-28-30(5,6)22(2,3)4/h9,12,16,18H,7-8,10-11,13-15H2,1-6H3/t18-/m1/s1. The van der Waals surface area contributed by atoms with Gasteiger partial charge in [0, 0.05) is 17.9 Å². The number of thiazole rings is 1. The van der Waals surface area contributed by atoms with Crippen molar-refractivity contribution in [1.29, 1.82) is 0 Å². The summed E-state index contributed by atoms with van der Waals surface area (Å²) in [4.78, 5) is 30.6. The first kappa shape index (κ1) is 24.8. The number of carbonyl (C=O) groups is 2. The molecular formula is C22H36N2O4SSi. The third kappa shape index (κ3) is 7.03. The number of esters is 1. The second-order valence-electron chi connectivity index (χ2n) is 9.31. The van der Waals surface area contributed by atoms with Crippen LogP contribution in [0, 0.1) is 0 Å². The molecule has 2 heterocycles. The van der Waals surface area contributed by atoms with Crippen molar-refractivity contribution in [2.24, 2.45) is 0 Å². The lowest BCUT2D eigenvalue weighted by Gasteiger charge is -2.38. The van der Waals surface area contributed by atoms with Gasteiger partial charge >= 0.3 is 5.97 Å². The van der Waals surface area contributed by atoms with Crippen LogP contribution in [0.3, 0.4) is 0 Å². The van der Waals surface area contributed by atoms with Gasteiger partial charge in [-0.25, -0.2) is 9.78 Å². The molecule has 30 heavy (non-hydrogen) atoms. The van der Waals surface area contributed by atoms with Gasteiger partial charge in [-0.05, 0) is 37.0 Å². The summed E-state index contributed by atoms with van der Waals surface area (Å²) >= 11 is 1.50. The Hall–Kier alpha value is -1.51. The molecule has 1 atom stereocenters. The molecule has 0 aliphatic carbocycles. The van der Waals surface area contributed by atoms with Crippen LogP contribution in [-0.2, 0) is 25.3 Å². The number of likely N-dealkylation sites (tertiary alicyclic amines) is 1. The summed E-state index contributed by atoms with van der Waals surface area (Å²) < 4.78 is 11.5. The SMILES string of the molecule is CCCCOC(=O)C=Cc1csc(CN2C(=O)CC[C@@H]2CO[Si](C)(C)C(C)(C)C)n1. The minimum absolute atomic E-state index is 0.100. The summed E-state index contributed by atoms with van der Waals surface area (Å²) in [5, 5.41) is 2.91. The van der Waals surface area contributed by atoms with Crippen LogP contribution < -0.4 is 0 Å². The zero-order chi connectivity index (χ0) is 22.4. The molecule has 168 valence electrons. The van der Waals surface area contributed by atoms with Crippen molar-refractivity contribution in [3.63, 3.8) is 0 Å². The van der Waals surface area contributed by atoms with Gasteiger partial charge in [0.15, 0.2) is 8.32 Å². The summed E-state index contributed by atoms with van der Waals surface area (Å²) in [6.45, 7) is 14.7. The summed E-state index contributed by atoms with van der Waals surface area (Å²) in [5.41, 5.74) is 0.711. The third-order valence-corrected chi connectivity index (χ3v) is 11.3. The average Bonchev–Trinajstić information content (AvgIpc) is 3.25. The third-order valence-electron chi connectivity index (χ3n) is 5.90. The van der Waals surface area contributed by atoms with Crippen LogP contribution in [0.5, 0.6) is 0 Å². The van der Waals surface area contributed by atoms with Crippen LogP contribution in [0.1, 0.15) is 64.1 Å². The molecule has 1 amide bonds. The first-order valence-electron chi connectivity index (χ1n) is 10.8. The van der Waals surface area contributed by atoms with Crippen LogP contribution in [0.4, 0.5) is 0 Å². The van der Waals surface area contributed by atoms with E-state index in [0.717, 1.165) is 24.3 Å². The molecule has 1 aromatic heterocycles. The molecule has 1 saturated heterocycles. The van der Waals surface area contributed by atoms with Crippen molar-refractivity contribution >= 4 is 37.6 Å². The molecule has 0 saturated carbocycles. The highest BCUT2D eigenvalue weighted by Crippen LogP contribution is 2.37. The maximum Gasteiger partial charge on any atom is 0.330 e. The molecule has 1 aromatic rings. The fourth-order valence-electron chi connectivity index (χ4n) is 2.84. The first-order valence-corrected chi connectivity index (χ1v) is 14.5. The average molecular weight is 453 g/mol. The number of rotatable bonds is 10. The van der Waals surface area contributed by atoms with Crippen LogP contribution in [0.2, 0.25) is 18.1 Å². The highest BCUT2D eigenvalue weighted by atomic mass is 32.1. The molecule has 1 aliphatic rings. The number of ether oxygens (including phenoxy) is 1. The topological polar surface area (TPSA) is 68.7 Å². The molecule has 0 N–H and O–H groups in total. The van der Waals surface area contributed by atoms with E-state index in [1.54, 1.807) is 6.08 Å². The van der Waals surface area contributed by atoms with Crippen LogP contribution >= 0.6 is 11.3 Å². The first-order chi connectivity index (χ1) is 14.0. The lowest BCUT2D eigenvalue weighted by Crippen LogP contribution is -2.45. The van der Waals surface area contributed by atoms with Crippen molar-refractivity contribution in [2.75, 3.05) is 13.2 Å². The van der Waals surface area contributed by atoms with E-state index in [9.17, 15) is 9.59 Å². The van der Waals surface area contributed by atoms with Gasteiger partial charge in [0.25, 0.3) is 0 Å². The fourth-order valence-corrected chi connectivity index (χ4v) is 4.65. The molecular weight excluding hydrogens is 416 g/mol. The minimum Gasteiger partial charge on any atom is -0.463 e. The van der Waals surface area contributed by atoms with Gasteiger partial charge in [0.1, 0.15) is 5.01 Å². The van der Waals surface area contributed by atoms with E-state index in [-0.39, 0.29) is 23.0 Å². The fraction of sp³-hybridized carbons (Fsp3) is 0.682. The highest BCUT2D eigenvalue weighted by molar-refractivity contribution is 7.09. The lowest BCUT2D eigenvalue weighted by atomic mass is 10.2. The van der Waals surface area contributed by atoms with E-state index in [4.69, 9.17) is 9.16 Å². The number of amides is 1. The Bertz CT molecular complexity index is 755. The van der Waals surface area contributed by atoms with E-state index in [0.29, 0.717) is 31.9 Å². The van der Waals surface area contributed by atoms with Gasteiger partial charge in [-0.3, -0.25) is 4.79 Å². The molecule has 0 bridgehead atoms. The van der Waals surface area contributed by atoms with Crippen molar-refractivity contribution in [1.82, 2.24) is 9.88 Å². The smallest absolute Gasteiger partial charge is 0.330 e. The quantitative estimate of drug-likeness (QED) is 0.216. The highest BCUT2D eigenvalue weighted by Gasteiger charge is 2.39. The zero-order valence-corrected chi connectivity index (χ0v) is 21.0. The van der Waals surface area contributed by atoms with Gasteiger partial charge in [-0.15, -0.1) is 11.3 Å². The summed E-state index contributed by atoms with van der Waals surface area (Å²) in [6.07, 6.45) is 6.32. The van der Waals surface area contributed by atoms with Gasteiger partial charge in [0.2, 0.25) is 5.91 Å². The van der Waals surface area contributed by atoms with E-state index in [2.05, 4.69) is 45.8 Å². The Morgan fingerprint density at radius 1 is 1.40 bits per heavy atom. The van der Waals surface area contributed by atoms with E-state index in [1.165, 1.54) is 17.4 Å². The predicted molar refractivity (Wildman–Crippen MR) is 124 cm³/mol. The van der Waals surface area contributed by atoms with E-state index in [1.807, 2.05) is 10.3 Å². The lowest BCUT2D eigenvalue weighted by molar-refractivity contribution is -0.137. The summed E-state index contributed by atoms with van der Waals surface area (Å²) in [7, 11) is -1.85. The predicted octanol–water partition coefficient (Wildman–Crippen LogP) is 5.01. The zero-order valence-electron chi connectivity index (χ0n) is 19.2. The molecule has 6 nitrogen and oxygen atoms in total. The molecule has 0 spiro atoms. The maximum absolute atomic E-state index is 12.4. The Morgan fingerprint density at radius 3 is 2.80 bits per heavy atom. The van der Waals surface area contributed by atoms with Gasteiger partial charge in [-0.2, -0.15) is 0 Å². The minimum atomic E-state index is -1.85. The van der Waals surface area contributed by atoms with E-state index >= 15 is 0 Å². The molecule has 1 aliphatic heterocycles. The number of nitrogens with zero attached hydrogens (tertiary/aromatic N) is 2. The van der Waals surface area contributed by atoms with Crippen molar-refractivity contribution in [3.05, 3.63) is 22.2 Å². The second kappa shape index (κ2) is 10.7. The Kier molecular flexibility index (Phi) is 8.81. The summed E-state index contributed by atoms with van der Waals surface area (Å²) in [5.74, 6) is -0.193. The number of hydrogen-bond acceptors (Lipinski definition) is 6. The van der Waals surface area contributed by atoms with Crippen LogP contribution in [0.15, 0.2) is 11.5 Å². The summed E-state index contributed by atoms with van der Waals surface area (Å²) in [6, 6.07) is 0.100. The normalized spacial score (nSPS) is 17.9. The van der Waals surface area contributed by atoms with Gasteiger partial charge in [0.05, 0.1) is 31.5 Å². The van der Waals surface area contributed by atoms with Crippen LogP contribution in [-0.4, -0.2) is 49.3 Å².